The third-order valence-corrected chi connectivity index (χ3v) is 3.48. The molecule has 0 aromatic carbocycles. The van der Waals surface area contributed by atoms with Gasteiger partial charge in [0.15, 0.2) is 5.78 Å². The average molecular weight is 250 g/mol. The zero-order valence-electron chi connectivity index (χ0n) is 11.6. The number of carbonyl (C=O) groups excluding carboxylic acids is 1. The molecule has 0 aromatic rings. The van der Waals surface area contributed by atoms with Crippen molar-refractivity contribution in [2.45, 2.75) is 47.0 Å². The molecule has 1 aliphatic rings. The Hall–Kier alpha value is -1.38. The summed E-state index contributed by atoms with van der Waals surface area (Å²) < 4.78 is 0. The first kappa shape index (κ1) is 14.7. The van der Waals surface area contributed by atoms with Crippen LogP contribution in [0.5, 0.6) is 0 Å². The Bertz CT molecular complexity index is 417. The number of rotatable bonds is 3. The van der Waals surface area contributed by atoms with Crippen molar-refractivity contribution in [2.24, 2.45) is 11.3 Å². The Kier molecular flexibility index (Phi) is 4.49. The number of allylic oxidation sites excluding steroid dienone is 3. The fourth-order valence-electron chi connectivity index (χ4n) is 2.98. The summed E-state index contributed by atoms with van der Waals surface area (Å²) in [6.45, 7) is 7.85. The van der Waals surface area contributed by atoms with Crippen LogP contribution in [0.4, 0.5) is 0 Å². The van der Waals surface area contributed by atoms with Crippen molar-refractivity contribution in [3.8, 4) is 0 Å². The Morgan fingerprint density at radius 1 is 1.61 bits per heavy atom. The van der Waals surface area contributed by atoms with Gasteiger partial charge in [0.1, 0.15) is 0 Å². The SMILES string of the molecule is CC1=CC(=O)C(C)(CC(C)=CC(=O)O)CC(C)C1. The molecule has 1 N–H and O–H groups in total. The van der Waals surface area contributed by atoms with E-state index in [-0.39, 0.29) is 5.78 Å². The third kappa shape index (κ3) is 3.83. The normalized spacial score (nSPS) is 29.8. The predicted octanol–water partition coefficient (Wildman–Crippen LogP) is 3.36. The first-order valence-electron chi connectivity index (χ1n) is 6.34. The van der Waals surface area contributed by atoms with E-state index in [0.717, 1.165) is 24.0 Å². The molecule has 1 aliphatic carbocycles. The van der Waals surface area contributed by atoms with Crippen LogP contribution in [0, 0.1) is 11.3 Å². The lowest BCUT2D eigenvalue weighted by atomic mass is 9.74. The molecule has 2 unspecified atom stereocenters. The highest BCUT2D eigenvalue weighted by Crippen LogP contribution is 2.39. The molecule has 3 heteroatoms. The van der Waals surface area contributed by atoms with E-state index in [1.54, 1.807) is 13.0 Å². The van der Waals surface area contributed by atoms with Crippen LogP contribution < -0.4 is 0 Å². The molecule has 1 rings (SSSR count). The second kappa shape index (κ2) is 5.51. The van der Waals surface area contributed by atoms with Gasteiger partial charge in [-0.2, -0.15) is 0 Å². The molecule has 100 valence electrons. The molecular formula is C15H22O3. The highest BCUT2D eigenvalue weighted by atomic mass is 16.4. The van der Waals surface area contributed by atoms with Gasteiger partial charge in [-0.15, -0.1) is 0 Å². The molecule has 0 aliphatic heterocycles. The average Bonchev–Trinajstić information content (AvgIpc) is 2.21. The molecule has 0 heterocycles. The topological polar surface area (TPSA) is 54.4 Å². The van der Waals surface area contributed by atoms with Crippen molar-refractivity contribution in [3.05, 3.63) is 23.3 Å². The van der Waals surface area contributed by atoms with Gasteiger partial charge in [0.2, 0.25) is 0 Å². The second-order valence-electron chi connectivity index (χ2n) is 5.93. The van der Waals surface area contributed by atoms with Crippen molar-refractivity contribution in [1.29, 1.82) is 0 Å². The monoisotopic (exact) mass is 250 g/mol. The molecule has 0 saturated carbocycles. The summed E-state index contributed by atoms with van der Waals surface area (Å²) in [5, 5.41) is 8.74. The van der Waals surface area contributed by atoms with E-state index in [1.165, 1.54) is 6.08 Å². The first-order chi connectivity index (χ1) is 8.23. The Balaban J connectivity index is 2.96. The summed E-state index contributed by atoms with van der Waals surface area (Å²) in [5.41, 5.74) is 1.40. The number of carboxylic acid groups (broad SMARTS) is 1. The van der Waals surface area contributed by atoms with Crippen molar-refractivity contribution < 1.29 is 14.7 Å². The van der Waals surface area contributed by atoms with Crippen molar-refractivity contribution in [1.82, 2.24) is 0 Å². The summed E-state index contributed by atoms with van der Waals surface area (Å²) in [5.74, 6) is -0.366. The summed E-state index contributed by atoms with van der Waals surface area (Å²) >= 11 is 0. The van der Waals surface area contributed by atoms with E-state index < -0.39 is 11.4 Å². The number of carboxylic acids is 1. The van der Waals surface area contributed by atoms with E-state index in [0.29, 0.717) is 12.3 Å². The zero-order chi connectivity index (χ0) is 13.9. The van der Waals surface area contributed by atoms with Gasteiger partial charge < -0.3 is 5.11 Å². The molecule has 18 heavy (non-hydrogen) atoms. The number of aliphatic carboxylic acids is 1. The largest absolute Gasteiger partial charge is 0.478 e. The number of ketones is 1. The lowest BCUT2D eigenvalue weighted by Crippen LogP contribution is -2.28. The number of carbonyl (C=O) groups is 2. The number of hydrogen-bond donors (Lipinski definition) is 1. The highest BCUT2D eigenvalue weighted by molar-refractivity contribution is 5.95. The lowest BCUT2D eigenvalue weighted by molar-refractivity contribution is -0.131. The minimum Gasteiger partial charge on any atom is -0.478 e. The summed E-state index contributed by atoms with van der Waals surface area (Å²) in [6, 6.07) is 0. The fraction of sp³-hybridized carbons (Fsp3) is 0.600. The zero-order valence-corrected chi connectivity index (χ0v) is 11.6. The van der Waals surface area contributed by atoms with Gasteiger partial charge in [-0.05, 0) is 45.1 Å². The smallest absolute Gasteiger partial charge is 0.328 e. The van der Waals surface area contributed by atoms with Gasteiger partial charge >= 0.3 is 5.97 Å². The van der Waals surface area contributed by atoms with Crippen molar-refractivity contribution in [2.75, 3.05) is 0 Å². The molecule has 0 fully saturated rings. The van der Waals surface area contributed by atoms with E-state index in [2.05, 4.69) is 6.92 Å². The molecule has 3 nitrogen and oxygen atoms in total. The fourth-order valence-corrected chi connectivity index (χ4v) is 2.98. The molecule has 0 spiro atoms. The van der Waals surface area contributed by atoms with Crippen LogP contribution in [0.1, 0.15) is 47.0 Å². The van der Waals surface area contributed by atoms with E-state index in [9.17, 15) is 9.59 Å². The molecule has 0 aromatic heterocycles. The molecule has 0 radical (unpaired) electrons. The molecular weight excluding hydrogens is 228 g/mol. The third-order valence-electron chi connectivity index (χ3n) is 3.48. The Labute approximate surface area is 109 Å². The van der Waals surface area contributed by atoms with Gasteiger partial charge in [0, 0.05) is 11.5 Å². The standard InChI is InChI=1S/C15H22O3/c1-10-5-11(2)8-15(4,13(16)6-10)9-12(3)7-14(17)18/h6-7,11H,5,8-9H2,1-4H3,(H,17,18). The van der Waals surface area contributed by atoms with Crippen molar-refractivity contribution >= 4 is 11.8 Å². The first-order valence-corrected chi connectivity index (χ1v) is 6.34. The maximum atomic E-state index is 12.3. The van der Waals surface area contributed by atoms with E-state index in [4.69, 9.17) is 5.11 Å². The van der Waals surface area contributed by atoms with Crippen LogP contribution in [0.2, 0.25) is 0 Å². The lowest BCUT2D eigenvalue weighted by Gasteiger charge is -2.28. The van der Waals surface area contributed by atoms with Crippen LogP contribution in [0.3, 0.4) is 0 Å². The minimum atomic E-state index is -0.947. The quantitative estimate of drug-likeness (QED) is 0.781. The van der Waals surface area contributed by atoms with Gasteiger partial charge in [0.05, 0.1) is 0 Å². The second-order valence-corrected chi connectivity index (χ2v) is 5.93. The Morgan fingerprint density at radius 2 is 2.22 bits per heavy atom. The van der Waals surface area contributed by atoms with Gasteiger partial charge in [-0.3, -0.25) is 4.79 Å². The van der Waals surface area contributed by atoms with Gasteiger partial charge in [-0.1, -0.05) is 25.0 Å². The van der Waals surface area contributed by atoms with E-state index >= 15 is 0 Å². The van der Waals surface area contributed by atoms with E-state index in [1.807, 2.05) is 13.8 Å². The Morgan fingerprint density at radius 3 is 2.78 bits per heavy atom. The van der Waals surface area contributed by atoms with Crippen LogP contribution in [-0.2, 0) is 9.59 Å². The highest BCUT2D eigenvalue weighted by Gasteiger charge is 2.35. The van der Waals surface area contributed by atoms with Crippen LogP contribution >= 0.6 is 0 Å². The summed E-state index contributed by atoms with van der Waals surface area (Å²) in [6.07, 6.45) is 5.21. The molecule has 0 bridgehead atoms. The molecule has 0 saturated heterocycles. The molecule has 2 atom stereocenters. The van der Waals surface area contributed by atoms with Gasteiger partial charge in [0.25, 0.3) is 0 Å². The van der Waals surface area contributed by atoms with Crippen LogP contribution in [0.15, 0.2) is 23.3 Å². The van der Waals surface area contributed by atoms with Crippen molar-refractivity contribution in [3.63, 3.8) is 0 Å². The minimum absolute atomic E-state index is 0.127. The van der Waals surface area contributed by atoms with Crippen LogP contribution in [-0.4, -0.2) is 16.9 Å². The summed E-state index contributed by atoms with van der Waals surface area (Å²) in [4.78, 5) is 22.9. The maximum Gasteiger partial charge on any atom is 0.328 e. The van der Waals surface area contributed by atoms with Gasteiger partial charge in [-0.25, -0.2) is 4.79 Å². The van der Waals surface area contributed by atoms with Crippen LogP contribution in [0.25, 0.3) is 0 Å². The predicted molar refractivity (Wildman–Crippen MR) is 71.3 cm³/mol. The molecule has 0 amide bonds. The number of hydrogen-bond acceptors (Lipinski definition) is 2. The maximum absolute atomic E-state index is 12.3. The summed E-state index contributed by atoms with van der Waals surface area (Å²) in [7, 11) is 0.